The first kappa shape index (κ1) is 15.2. The molecule has 0 saturated heterocycles. The van der Waals surface area contributed by atoms with Crippen LogP contribution >= 0.6 is 0 Å². The molecule has 0 aliphatic heterocycles. The topological polar surface area (TPSA) is 90.7 Å². The Kier molecular flexibility index (Phi) is 5.63. The fraction of sp³-hybridized carbons (Fsp3) is 0. The lowest BCUT2D eigenvalue weighted by Crippen LogP contribution is -1.96. The number of hydrogen-bond acceptors (Lipinski definition) is 5. The molecule has 3 rings (SSSR count). The minimum atomic E-state index is 0.621. The molecule has 2 aromatic carbocycles. The van der Waals surface area contributed by atoms with E-state index >= 15 is 0 Å². The van der Waals surface area contributed by atoms with Crippen LogP contribution in [0.2, 0.25) is 0 Å². The Morgan fingerprint density at radius 3 is 1.91 bits per heavy atom. The fourth-order valence-electron chi connectivity index (χ4n) is 1.70. The summed E-state index contributed by atoms with van der Waals surface area (Å²) in [6, 6.07) is 15.7. The minimum Gasteiger partial charge on any atom is -0.397 e. The first-order chi connectivity index (χ1) is 10.8. The summed E-state index contributed by atoms with van der Waals surface area (Å²) < 4.78 is 0. The van der Waals surface area contributed by atoms with Gasteiger partial charge in [0.05, 0.1) is 11.4 Å². The van der Waals surface area contributed by atoms with Gasteiger partial charge in [0.25, 0.3) is 0 Å². The quantitative estimate of drug-likeness (QED) is 0.559. The Morgan fingerprint density at radius 2 is 1.32 bits per heavy atom. The van der Waals surface area contributed by atoms with Crippen molar-refractivity contribution in [3.05, 3.63) is 78.6 Å². The smallest absolute Gasteiger partial charge is 0.119 e. The molecule has 0 radical (unpaired) electrons. The molecule has 0 spiro atoms. The van der Waals surface area contributed by atoms with E-state index in [1.807, 2.05) is 54.6 Å². The van der Waals surface area contributed by atoms with Gasteiger partial charge in [0.2, 0.25) is 0 Å². The van der Waals surface area contributed by atoms with Gasteiger partial charge in [-0.1, -0.05) is 54.6 Å². The van der Waals surface area contributed by atoms with Crippen LogP contribution in [0, 0.1) is 0 Å². The first-order valence-electron chi connectivity index (χ1n) is 6.69. The van der Waals surface area contributed by atoms with Crippen molar-refractivity contribution in [3.63, 3.8) is 0 Å². The normalized spacial score (nSPS) is 10.0. The van der Waals surface area contributed by atoms with Gasteiger partial charge in [-0.25, -0.2) is 15.0 Å². The number of aromatic nitrogens is 3. The van der Waals surface area contributed by atoms with Crippen LogP contribution in [-0.4, -0.2) is 15.0 Å². The van der Waals surface area contributed by atoms with Crippen LogP contribution < -0.4 is 11.5 Å². The van der Waals surface area contributed by atoms with E-state index in [0.717, 1.165) is 11.1 Å². The third-order valence-electron chi connectivity index (χ3n) is 2.83. The molecule has 0 aliphatic carbocycles. The summed E-state index contributed by atoms with van der Waals surface area (Å²) in [7, 11) is 0. The van der Waals surface area contributed by atoms with E-state index in [2.05, 4.69) is 15.0 Å². The number of rotatable bonds is 2. The molecular weight excluding hydrogens is 274 g/mol. The summed E-state index contributed by atoms with van der Waals surface area (Å²) >= 11 is 0. The molecule has 110 valence electrons. The van der Waals surface area contributed by atoms with Crippen molar-refractivity contribution < 1.29 is 0 Å². The average molecular weight is 291 g/mol. The number of nitrogen functional groups attached to an aromatic ring is 2. The molecule has 3 aromatic rings. The summed E-state index contributed by atoms with van der Waals surface area (Å²) in [6.45, 7) is 0. The van der Waals surface area contributed by atoms with Crippen molar-refractivity contribution in [1.29, 1.82) is 0 Å². The van der Waals surface area contributed by atoms with E-state index in [1.54, 1.807) is 6.07 Å². The second-order valence-electron chi connectivity index (χ2n) is 4.39. The van der Waals surface area contributed by atoms with Gasteiger partial charge in [-0.3, -0.25) is 0 Å². The van der Waals surface area contributed by atoms with E-state index in [9.17, 15) is 0 Å². The van der Waals surface area contributed by atoms with Crippen molar-refractivity contribution in [2.24, 2.45) is 0 Å². The van der Waals surface area contributed by atoms with E-state index in [4.69, 9.17) is 11.5 Å². The van der Waals surface area contributed by atoms with E-state index in [0.29, 0.717) is 11.4 Å². The van der Waals surface area contributed by atoms with Crippen LogP contribution in [0.3, 0.4) is 0 Å². The van der Waals surface area contributed by atoms with Crippen molar-refractivity contribution in [2.45, 2.75) is 0 Å². The lowest BCUT2D eigenvalue weighted by Gasteiger charge is -2.03. The molecule has 1 aromatic heterocycles. The van der Waals surface area contributed by atoms with Crippen LogP contribution in [0.15, 0.2) is 67.5 Å². The van der Waals surface area contributed by atoms with Crippen molar-refractivity contribution in [2.75, 3.05) is 11.5 Å². The highest BCUT2D eigenvalue weighted by Crippen LogP contribution is 2.21. The average Bonchev–Trinajstić information content (AvgIpc) is 2.59. The van der Waals surface area contributed by atoms with Crippen molar-refractivity contribution in [1.82, 2.24) is 15.0 Å². The predicted molar refractivity (Wildman–Crippen MR) is 90.5 cm³/mol. The molecule has 4 N–H and O–H groups in total. The highest BCUT2D eigenvalue weighted by Gasteiger charge is 1.97. The molecule has 0 atom stereocenters. The fourth-order valence-corrected chi connectivity index (χ4v) is 1.70. The van der Waals surface area contributed by atoms with Gasteiger partial charge in [-0.15, -0.1) is 0 Å². The molecule has 0 unspecified atom stereocenters. The zero-order chi connectivity index (χ0) is 15.6. The first-order valence-corrected chi connectivity index (χ1v) is 6.69. The molecule has 0 saturated carbocycles. The maximum Gasteiger partial charge on any atom is 0.119 e. The molecule has 5 nitrogen and oxygen atoms in total. The highest BCUT2D eigenvalue weighted by atomic mass is 14.9. The Morgan fingerprint density at radius 1 is 0.682 bits per heavy atom. The van der Waals surface area contributed by atoms with Gasteiger partial charge in [-0.2, -0.15) is 0 Å². The molecule has 0 aliphatic rings. The lowest BCUT2D eigenvalue weighted by molar-refractivity contribution is 1.05. The molecule has 5 heteroatoms. The third-order valence-corrected chi connectivity index (χ3v) is 2.83. The Bertz CT molecular complexity index is 685. The SMILES string of the molecule is Nc1cccc(C=Cc2ccccc2)c1N.c1ncncn1. The largest absolute Gasteiger partial charge is 0.397 e. The monoisotopic (exact) mass is 291 g/mol. The number of benzene rings is 2. The van der Waals surface area contributed by atoms with E-state index in [1.165, 1.54) is 19.0 Å². The van der Waals surface area contributed by atoms with Crippen LogP contribution in [0.25, 0.3) is 12.2 Å². The van der Waals surface area contributed by atoms with Crippen LogP contribution in [0.1, 0.15) is 11.1 Å². The second-order valence-corrected chi connectivity index (χ2v) is 4.39. The number of nitrogens with two attached hydrogens (primary N) is 2. The third kappa shape index (κ3) is 4.72. The van der Waals surface area contributed by atoms with Crippen molar-refractivity contribution in [3.8, 4) is 0 Å². The molecular formula is C17H17N5. The Labute approximate surface area is 129 Å². The van der Waals surface area contributed by atoms with Crippen LogP contribution in [0.4, 0.5) is 11.4 Å². The van der Waals surface area contributed by atoms with E-state index in [-0.39, 0.29) is 0 Å². The van der Waals surface area contributed by atoms with Gasteiger partial charge in [0.15, 0.2) is 0 Å². The van der Waals surface area contributed by atoms with Crippen LogP contribution in [0.5, 0.6) is 0 Å². The molecule has 0 fully saturated rings. The summed E-state index contributed by atoms with van der Waals surface area (Å²) in [5, 5.41) is 0. The zero-order valence-electron chi connectivity index (χ0n) is 12.0. The number of anilines is 2. The lowest BCUT2D eigenvalue weighted by atomic mass is 10.1. The standard InChI is InChI=1S/C14H14N2.C3H3N3/c15-13-8-4-7-12(14(13)16)10-9-11-5-2-1-3-6-11;1-4-2-6-3-5-1/h1-10H,15-16H2;1-3H. The zero-order valence-corrected chi connectivity index (χ0v) is 12.0. The number of para-hydroxylation sites is 1. The summed E-state index contributed by atoms with van der Waals surface area (Å²) in [5.41, 5.74) is 14.9. The van der Waals surface area contributed by atoms with Crippen molar-refractivity contribution >= 4 is 23.5 Å². The number of hydrogen-bond donors (Lipinski definition) is 2. The molecule has 0 amide bonds. The van der Waals surface area contributed by atoms with Gasteiger partial charge in [0, 0.05) is 0 Å². The van der Waals surface area contributed by atoms with Gasteiger partial charge in [-0.05, 0) is 17.2 Å². The second kappa shape index (κ2) is 8.16. The van der Waals surface area contributed by atoms with Crippen LogP contribution in [-0.2, 0) is 0 Å². The molecule has 1 heterocycles. The maximum atomic E-state index is 5.87. The number of nitrogens with zero attached hydrogens (tertiary/aromatic N) is 3. The summed E-state index contributed by atoms with van der Waals surface area (Å²) in [6.07, 6.45) is 8.30. The van der Waals surface area contributed by atoms with Gasteiger partial charge < -0.3 is 11.5 Å². The predicted octanol–water partition coefficient (Wildman–Crippen LogP) is 2.89. The molecule has 0 bridgehead atoms. The minimum absolute atomic E-state index is 0.621. The Balaban J connectivity index is 0.000000246. The molecule has 22 heavy (non-hydrogen) atoms. The Hall–Kier alpha value is -3.21. The van der Waals surface area contributed by atoms with E-state index < -0.39 is 0 Å². The summed E-state index contributed by atoms with van der Waals surface area (Å²) in [5.74, 6) is 0. The van der Waals surface area contributed by atoms with Gasteiger partial charge in [0.1, 0.15) is 19.0 Å². The highest BCUT2D eigenvalue weighted by molar-refractivity contribution is 5.81. The summed E-state index contributed by atoms with van der Waals surface area (Å²) in [4.78, 5) is 10.7. The maximum absolute atomic E-state index is 5.87. The van der Waals surface area contributed by atoms with Gasteiger partial charge >= 0.3 is 0 Å².